The molecule has 1 heterocycles. The fourth-order valence-electron chi connectivity index (χ4n) is 0.768. The minimum absolute atomic E-state index is 0.840. The molecule has 0 aliphatic heterocycles. The second-order valence-electron chi connectivity index (χ2n) is 2.09. The Morgan fingerprint density at radius 2 is 2.50 bits per heavy atom. The van der Waals surface area contributed by atoms with E-state index < -0.39 is 0 Å². The number of rotatable bonds is 2. The van der Waals surface area contributed by atoms with Crippen LogP contribution in [-0.4, -0.2) is 16.6 Å². The highest BCUT2D eigenvalue weighted by atomic mass is 15.1. The van der Waals surface area contributed by atoms with Crippen molar-refractivity contribution in [1.82, 2.24) is 14.9 Å². The van der Waals surface area contributed by atoms with Gasteiger partial charge in [0.1, 0.15) is 0 Å². The molecule has 0 unspecified atom stereocenters. The van der Waals surface area contributed by atoms with Crippen molar-refractivity contribution in [2.24, 2.45) is 7.05 Å². The molecule has 0 saturated heterocycles. The van der Waals surface area contributed by atoms with E-state index in [0.29, 0.717) is 0 Å². The van der Waals surface area contributed by atoms with E-state index in [1.807, 2.05) is 24.9 Å². The molecule has 0 fully saturated rings. The predicted molar refractivity (Wildman–Crippen MR) is 41.3 cm³/mol. The van der Waals surface area contributed by atoms with Crippen LogP contribution in [0, 0.1) is 0 Å². The van der Waals surface area contributed by atoms with Crippen LogP contribution in [0.25, 0.3) is 5.70 Å². The van der Waals surface area contributed by atoms with E-state index in [1.54, 1.807) is 6.20 Å². The molecule has 0 aliphatic carbocycles. The summed E-state index contributed by atoms with van der Waals surface area (Å²) in [5, 5.41) is 2.93. The van der Waals surface area contributed by atoms with Gasteiger partial charge in [-0.05, 0) is 0 Å². The first kappa shape index (κ1) is 6.86. The van der Waals surface area contributed by atoms with Crippen LogP contribution in [0.2, 0.25) is 0 Å². The SMILES string of the molecule is C=C(NC)c1nccn1C. The number of nitrogens with one attached hydrogen (secondary N) is 1. The minimum Gasteiger partial charge on any atom is -0.386 e. The summed E-state index contributed by atoms with van der Waals surface area (Å²) in [4.78, 5) is 4.09. The summed E-state index contributed by atoms with van der Waals surface area (Å²) in [5.74, 6) is 0.877. The molecule has 3 heteroatoms. The van der Waals surface area contributed by atoms with E-state index in [9.17, 15) is 0 Å². The van der Waals surface area contributed by atoms with Gasteiger partial charge in [-0.25, -0.2) is 4.98 Å². The van der Waals surface area contributed by atoms with E-state index in [2.05, 4.69) is 16.9 Å². The molecular weight excluding hydrogens is 126 g/mol. The number of imidazole rings is 1. The van der Waals surface area contributed by atoms with Gasteiger partial charge in [0.2, 0.25) is 0 Å². The molecule has 0 saturated carbocycles. The summed E-state index contributed by atoms with van der Waals surface area (Å²) in [6, 6.07) is 0. The number of nitrogens with zero attached hydrogens (tertiary/aromatic N) is 2. The molecule has 3 nitrogen and oxygen atoms in total. The lowest BCUT2D eigenvalue weighted by molar-refractivity contribution is 0.873. The van der Waals surface area contributed by atoms with Gasteiger partial charge in [-0.3, -0.25) is 0 Å². The maximum Gasteiger partial charge on any atom is 0.155 e. The minimum atomic E-state index is 0.840. The smallest absolute Gasteiger partial charge is 0.155 e. The summed E-state index contributed by atoms with van der Waals surface area (Å²) in [5.41, 5.74) is 0.840. The molecule has 10 heavy (non-hydrogen) atoms. The zero-order valence-corrected chi connectivity index (χ0v) is 6.26. The number of aryl methyl sites for hydroxylation is 1. The third-order valence-corrected chi connectivity index (χ3v) is 1.39. The lowest BCUT2D eigenvalue weighted by atomic mass is 10.4. The summed E-state index contributed by atoms with van der Waals surface area (Å²) in [6.45, 7) is 3.78. The van der Waals surface area contributed by atoms with Crippen molar-refractivity contribution in [3.63, 3.8) is 0 Å². The van der Waals surface area contributed by atoms with E-state index in [1.165, 1.54) is 0 Å². The van der Waals surface area contributed by atoms with Crippen LogP contribution >= 0.6 is 0 Å². The summed E-state index contributed by atoms with van der Waals surface area (Å²) < 4.78 is 1.92. The molecule has 0 spiro atoms. The number of hydrogen-bond donors (Lipinski definition) is 1. The van der Waals surface area contributed by atoms with E-state index >= 15 is 0 Å². The van der Waals surface area contributed by atoms with Gasteiger partial charge in [0.15, 0.2) is 5.82 Å². The first-order chi connectivity index (χ1) is 4.75. The Morgan fingerprint density at radius 1 is 1.80 bits per heavy atom. The van der Waals surface area contributed by atoms with Crippen LogP contribution in [0.1, 0.15) is 5.82 Å². The summed E-state index contributed by atoms with van der Waals surface area (Å²) in [6.07, 6.45) is 3.63. The van der Waals surface area contributed by atoms with Crippen LogP contribution in [0.15, 0.2) is 19.0 Å². The molecule has 0 bridgehead atoms. The van der Waals surface area contributed by atoms with Crippen molar-refractivity contribution in [2.75, 3.05) is 7.05 Å². The van der Waals surface area contributed by atoms with Gasteiger partial charge in [0.25, 0.3) is 0 Å². The summed E-state index contributed by atoms with van der Waals surface area (Å²) in [7, 11) is 3.77. The Labute approximate surface area is 60.4 Å². The van der Waals surface area contributed by atoms with Gasteiger partial charge in [0.05, 0.1) is 5.70 Å². The standard InChI is InChI=1S/C7H11N3/c1-6(8-2)7-9-4-5-10(7)3/h4-5,8H,1H2,2-3H3. The van der Waals surface area contributed by atoms with E-state index in [4.69, 9.17) is 0 Å². The molecule has 0 aromatic carbocycles. The van der Waals surface area contributed by atoms with Gasteiger partial charge in [-0.15, -0.1) is 0 Å². The van der Waals surface area contributed by atoms with Crippen LogP contribution in [0.5, 0.6) is 0 Å². The van der Waals surface area contributed by atoms with Gasteiger partial charge in [0, 0.05) is 26.5 Å². The highest BCUT2D eigenvalue weighted by molar-refractivity contribution is 5.54. The van der Waals surface area contributed by atoms with Gasteiger partial charge in [-0.1, -0.05) is 6.58 Å². The highest BCUT2D eigenvalue weighted by Gasteiger charge is 1.99. The highest BCUT2D eigenvalue weighted by Crippen LogP contribution is 2.02. The summed E-state index contributed by atoms with van der Waals surface area (Å²) >= 11 is 0. The Bertz CT molecular complexity index is 237. The monoisotopic (exact) mass is 137 g/mol. The van der Waals surface area contributed by atoms with Crippen molar-refractivity contribution in [3.8, 4) is 0 Å². The molecule has 54 valence electrons. The molecule has 1 aromatic rings. The first-order valence-electron chi connectivity index (χ1n) is 3.10. The van der Waals surface area contributed by atoms with Crippen molar-refractivity contribution >= 4 is 5.70 Å². The third-order valence-electron chi connectivity index (χ3n) is 1.39. The molecular formula is C7H11N3. The first-order valence-corrected chi connectivity index (χ1v) is 3.10. The van der Waals surface area contributed by atoms with Crippen molar-refractivity contribution < 1.29 is 0 Å². The average Bonchev–Trinajstić information content (AvgIpc) is 2.34. The van der Waals surface area contributed by atoms with E-state index in [0.717, 1.165) is 11.5 Å². The zero-order valence-electron chi connectivity index (χ0n) is 6.26. The lowest BCUT2D eigenvalue weighted by Gasteiger charge is -2.02. The topological polar surface area (TPSA) is 29.9 Å². The van der Waals surface area contributed by atoms with E-state index in [-0.39, 0.29) is 0 Å². The molecule has 0 radical (unpaired) electrons. The fraction of sp³-hybridized carbons (Fsp3) is 0.286. The van der Waals surface area contributed by atoms with Crippen LogP contribution in [-0.2, 0) is 7.05 Å². The number of aromatic nitrogens is 2. The molecule has 1 aromatic heterocycles. The van der Waals surface area contributed by atoms with Crippen molar-refractivity contribution in [3.05, 3.63) is 24.8 Å². The van der Waals surface area contributed by atoms with Crippen LogP contribution in [0.4, 0.5) is 0 Å². The Morgan fingerprint density at radius 3 is 2.90 bits per heavy atom. The zero-order chi connectivity index (χ0) is 7.56. The molecule has 0 aliphatic rings. The molecule has 0 atom stereocenters. The maximum atomic E-state index is 4.09. The van der Waals surface area contributed by atoms with Crippen LogP contribution in [0.3, 0.4) is 0 Å². The maximum absolute atomic E-state index is 4.09. The molecule has 0 amide bonds. The van der Waals surface area contributed by atoms with Crippen molar-refractivity contribution in [1.29, 1.82) is 0 Å². The lowest BCUT2D eigenvalue weighted by Crippen LogP contribution is -2.07. The Balaban J connectivity index is 2.93. The predicted octanol–water partition coefficient (Wildman–Crippen LogP) is 0.610. The average molecular weight is 137 g/mol. The Kier molecular flexibility index (Phi) is 1.76. The third kappa shape index (κ3) is 1.03. The van der Waals surface area contributed by atoms with Crippen molar-refractivity contribution in [2.45, 2.75) is 0 Å². The van der Waals surface area contributed by atoms with Crippen LogP contribution < -0.4 is 5.32 Å². The molecule has 1 rings (SSSR count). The second kappa shape index (κ2) is 2.56. The quantitative estimate of drug-likeness (QED) is 0.647. The largest absolute Gasteiger partial charge is 0.386 e. The van der Waals surface area contributed by atoms with Gasteiger partial charge in [-0.2, -0.15) is 0 Å². The fourth-order valence-corrected chi connectivity index (χ4v) is 0.768. The number of hydrogen-bond acceptors (Lipinski definition) is 2. The van der Waals surface area contributed by atoms with Gasteiger partial charge < -0.3 is 9.88 Å². The normalized spacial score (nSPS) is 9.40. The Hall–Kier alpha value is -1.25. The molecule has 1 N–H and O–H groups in total. The second-order valence-corrected chi connectivity index (χ2v) is 2.09. The van der Waals surface area contributed by atoms with Gasteiger partial charge >= 0.3 is 0 Å².